The minimum absolute atomic E-state index is 0.906. The third-order valence-corrected chi connectivity index (χ3v) is 11.2. The Morgan fingerprint density at radius 3 is 1.32 bits per heavy atom. The Kier molecular flexibility index (Phi) is 9.25. The second-order valence-electron chi connectivity index (χ2n) is 15.0. The zero-order chi connectivity index (χ0) is 39.7. The van der Waals surface area contributed by atoms with Crippen molar-refractivity contribution in [2.75, 3.05) is 0 Å². The van der Waals surface area contributed by atoms with Crippen LogP contribution in [-0.4, -0.2) is 15.0 Å². The van der Waals surface area contributed by atoms with Crippen LogP contribution in [0, 0.1) is 6.92 Å². The van der Waals surface area contributed by atoms with Gasteiger partial charge in [0, 0.05) is 32.8 Å². The zero-order valence-electron chi connectivity index (χ0n) is 32.7. The van der Waals surface area contributed by atoms with Crippen molar-refractivity contribution in [3.8, 4) is 56.0 Å². The summed E-state index contributed by atoms with van der Waals surface area (Å²) in [6.07, 6.45) is 4.23. The molecule has 3 heteroatoms. The number of pyridine rings is 3. The van der Waals surface area contributed by atoms with E-state index in [-0.39, 0.29) is 0 Å². The van der Waals surface area contributed by atoms with Crippen LogP contribution in [-0.2, 0) is 0 Å². The van der Waals surface area contributed by atoms with E-state index in [2.05, 4.69) is 183 Å². The molecule has 0 amide bonds. The van der Waals surface area contributed by atoms with Gasteiger partial charge in [0.2, 0.25) is 0 Å². The molecule has 0 spiro atoms. The van der Waals surface area contributed by atoms with Crippen LogP contribution in [0.15, 0.2) is 207 Å². The van der Waals surface area contributed by atoms with Crippen LogP contribution in [0.1, 0.15) is 16.7 Å². The maximum absolute atomic E-state index is 5.23. The summed E-state index contributed by atoms with van der Waals surface area (Å²) in [4.78, 5) is 15.6. The van der Waals surface area contributed by atoms with Crippen molar-refractivity contribution in [1.82, 2.24) is 15.0 Å². The van der Waals surface area contributed by atoms with Gasteiger partial charge in [-0.1, -0.05) is 176 Å². The van der Waals surface area contributed by atoms with Crippen LogP contribution < -0.4 is 0 Å². The zero-order valence-corrected chi connectivity index (χ0v) is 32.7. The standard InChI is InChI=1S/C56H39N3/c1-37(39-12-5-3-6-13-39)22-23-40-24-25-42-28-32-52(57-54(42)38(40)2)49-20-10-18-47(35-49)45-16-9-17-46(34-45)48-19-11-21-50(36-48)53-33-30-44-27-26-43-29-31-51(41-14-7-4-8-15-41)58-55(43)56(44)59-53/h3-36H,1H2,2H3/b23-22-. The van der Waals surface area contributed by atoms with Crippen LogP contribution in [0.3, 0.4) is 0 Å². The second-order valence-corrected chi connectivity index (χ2v) is 15.0. The number of hydrogen-bond acceptors (Lipinski definition) is 3. The Morgan fingerprint density at radius 1 is 0.390 bits per heavy atom. The summed E-state index contributed by atoms with van der Waals surface area (Å²) in [5.74, 6) is 0. The summed E-state index contributed by atoms with van der Waals surface area (Å²) >= 11 is 0. The monoisotopic (exact) mass is 753 g/mol. The largest absolute Gasteiger partial charge is 0.247 e. The lowest BCUT2D eigenvalue weighted by molar-refractivity contribution is 1.35. The van der Waals surface area contributed by atoms with Crippen molar-refractivity contribution in [2.24, 2.45) is 0 Å². The minimum Gasteiger partial charge on any atom is -0.247 e. The van der Waals surface area contributed by atoms with Gasteiger partial charge >= 0.3 is 0 Å². The number of fused-ring (bicyclic) bond motifs is 4. The minimum atomic E-state index is 0.906. The average molecular weight is 754 g/mol. The molecule has 0 bridgehead atoms. The highest BCUT2D eigenvalue weighted by molar-refractivity contribution is 6.04. The summed E-state index contributed by atoms with van der Waals surface area (Å²) in [7, 11) is 0. The Hall–Kier alpha value is -7.75. The van der Waals surface area contributed by atoms with E-state index in [0.717, 1.165) is 111 Å². The molecule has 0 fully saturated rings. The van der Waals surface area contributed by atoms with E-state index in [9.17, 15) is 0 Å². The molecular formula is C56H39N3. The first-order chi connectivity index (χ1) is 29.0. The third-order valence-electron chi connectivity index (χ3n) is 11.2. The number of hydrogen-bond donors (Lipinski definition) is 0. The van der Waals surface area contributed by atoms with E-state index in [1.54, 1.807) is 0 Å². The topological polar surface area (TPSA) is 38.7 Å². The lowest BCUT2D eigenvalue weighted by Gasteiger charge is -2.11. The van der Waals surface area contributed by atoms with Gasteiger partial charge in [0.05, 0.1) is 33.6 Å². The van der Waals surface area contributed by atoms with E-state index >= 15 is 0 Å². The molecule has 0 unspecified atom stereocenters. The van der Waals surface area contributed by atoms with E-state index in [1.165, 1.54) is 0 Å². The lowest BCUT2D eigenvalue weighted by atomic mass is 9.96. The first-order valence-corrected chi connectivity index (χ1v) is 19.9. The van der Waals surface area contributed by atoms with Gasteiger partial charge in [-0.15, -0.1) is 0 Å². The molecular weight excluding hydrogens is 715 g/mol. The average Bonchev–Trinajstić information content (AvgIpc) is 3.31. The molecule has 0 aliphatic rings. The molecule has 0 saturated heterocycles. The maximum Gasteiger partial charge on any atom is 0.0972 e. The molecule has 0 atom stereocenters. The number of benzene rings is 7. The fourth-order valence-electron chi connectivity index (χ4n) is 7.92. The molecule has 0 radical (unpaired) electrons. The quantitative estimate of drug-likeness (QED) is 0.115. The number of aryl methyl sites for hydroxylation is 1. The van der Waals surface area contributed by atoms with Crippen molar-refractivity contribution < 1.29 is 0 Å². The molecule has 278 valence electrons. The predicted octanol–water partition coefficient (Wildman–Crippen LogP) is 14.7. The molecule has 0 saturated carbocycles. The van der Waals surface area contributed by atoms with Gasteiger partial charge in [-0.2, -0.15) is 0 Å². The predicted molar refractivity (Wildman–Crippen MR) is 249 cm³/mol. The molecule has 59 heavy (non-hydrogen) atoms. The molecule has 0 N–H and O–H groups in total. The van der Waals surface area contributed by atoms with Gasteiger partial charge in [0.15, 0.2) is 0 Å². The molecule has 7 aromatic carbocycles. The molecule has 0 aliphatic carbocycles. The van der Waals surface area contributed by atoms with Crippen LogP contribution in [0.25, 0.3) is 100 Å². The van der Waals surface area contributed by atoms with Crippen molar-refractivity contribution >= 4 is 44.4 Å². The highest BCUT2D eigenvalue weighted by atomic mass is 14.8. The van der Waals surface area contributed by atoms with Gasteiger partial charge in [-0.3, -0.25) is 0 Å². The SMILES string of the molecule is C=C(/C=C\c1ccc2ccc(-c3cccc(-c4cccc(-c5cccc(-c6ccc7ccc8ccc(-c9ccccc9)nc8c7n6)c5)c4)c3)nc2c1C)c1ccccc1. The number of rotatable bonds is 8. The van der Waals surface area contributed by atoms with Crippen molar-refractivity contribution in [3.63, 3.8) is 0 Å². The van der Waals surface area contributed by atoms with E-state index in [4.69, 9.17) is 15.0 Å². The van der Waals surface area contributed by atoms with Crippen LogP contribution in [0.4, 0.5) is 0 Å². The van der Waals surface area contributed by atoms with Crippen LogP contribution >= 0.6 is 0 Å². The fraction of sp³-hybridized carbons (Fsp3) is 0.0179. The smallest absolute Gasteiger partial charge is 0.0972 e. The van der Waals surface area contributed by atoms with E-state index < -0.39 is 0 Å². The fourth-order valence-corrected chi connectivity index (χ4v) is 7.92. The van der Waals surface area contributed by atoms with Gasteiger partial charge in [-0.05, 0) is 87.8 Å². The Morgan fingerprint density at radius 2 is 0.780 bits per heavy atom. The molecule has 3 heterocycles. The van der Waals surface area contributed by atoms with Crippen LogP contribution in [0.5, 0.6) is 0 Å². The highest BCUT2D eigenvalue weighted by Gasteiger charge is 2.12. The van der Waals surface area contributed by atoms with Crippen molar-refractivity contribution in [2.45, 2.75) is 6.92 Å². The molecule has 3 aromatic heterocycles. The summed E-state index contributed by atoms with van der Waals surface area (Å²) in [5.41, 5.74) is 17.8. The Labute approximate surface area is 344 Å². The van der Waals surface area contributed by atoms with E-state index in [1.807, 2.05) is 36.4 Å². The molecule has 0 aliphatic heterocycles. The number of allylic oxidation sites excluding steroid dienone is 2. The normalized spacial score (nSPS) is 11.5. The lowest BCUT2D eigenvalue weighted by Crippen LogP contribution is -1.91. The summed E-state index contributed by atoms with van der Waals surface area (Å²) < 4.78 is 0. The van der Waals surface area contributed by atoms with Gasteiger partial charge < -0.3 is 0 Å². The molecule has 10 aromatic rings. The third kappa shape index (κ3) is 7.11. The van der Waals surface area contributed by atoms with Crippen molar-refractivity contribution in [1.29, 1.82) is 0 Å². The van der Waals surface area contributed by atoms with Gasteiger partial charge in [0.1, 0.15) is 0 Å². The summed E-state index contributed by atoms with van der Waals surface area (Å²) in [5, 5.41) is 3.27. The first-order valence-electron chi connectivity index (χ1n) is 19.9. The molecule has 3 nitrogen and oxygen atoms in total. The van der Waals surface area contributed by atoms with E-state index in [0.29, 0.717) is 0 Å². The highest BCUT2D eigenvalue weighted by Crippen LogP contribution is 2.34. The first kappa shape index (κ1) is 35.6. The molecule has 10 rings (SSSR count). The Bertz CT molecular complexity index is 3240. The van der Waals surface area contributed by atoms with Crippen LogP contribution in [0.2, 0.25) is 0 Å². The number of aromatic nitrogens is 3. The van der Waals surface area contributed by atoms with Crippen molar-refractivity contribution in [3.05, 3.63) is 223 Å². The maximum atomic E-state index is 5.23. The van der Waals surface area contributed by atoms with Gasteiger partial charge in [-0.25, -0.2) is 15.0 Å². The van der Waals surface area contributed by atoms with Gasteiger partial charge in [0.25, 0.3) is 0 Å². The summed E-state index contributed by atoms with van der Waals surface area (Å²) in [6.45, 7) is 6.43. The second kappa shape index (κ2) is 15.3. The number of nitrogens with zero attached hydrogens (tertiary/aromatic N) is 3. The summed E-state index contributed by atoms with van der Waals surface area (Å²) in [6, 6.07) is 68.1. The Balaban J connectivity index is 0.945.